The number of halogens is 1. The van der Waals surface area contributed by atoms with Gasteiger partial charge in [0.15, 0.2) is 0 Å². The molecule has 1 aliphatic rings. The van der Waals surface area contributed by atoms with Crippen molar-refractivity contribution in [3.8, 4) is 6.07 Å². The van der Waals surface area contributed by atoms with Crippen LogP contribution in [0.2, 0.25) is 0 Å². The fraction of sp³-hybridized carbons (Fsp3) is 0.429. The predicted octanol–water partition coefficient (Wildman–Crippen LogP) is 2.45. The second kappa shape index (κ2) is 6.58. The molecule has 1 aliphatic heterocycles. The van der Waals surface area contributed by atoms with Gasteiger partial charge in [0.1, 0.15) is 12.6 Å². The van der Waals surface area contributed by atoms with Crippen LogP contribution in [-0.2, 0) is 4.79 Å². The summed E-state index contributed by atoms with van der Waals surface area (Å²) in [6.45, 7) is 0.954. The number of carbonyl (C=O) groups excluding carboxylic acids is 1. The van der Waals surface area contributed by atoms with Gasteiger partial charge in [-0.05, 0) is 43.5 Å². The molecule has 1 unspecified atom stereocenters. The van der Waals surface area contributed by atoms with Crippen molar-refractivity contribution in [2.24, 2.45) is 0 Å². The third kappa shape index (κ3) is 3.48. The Bertz CT molecular complexity index is 480. The zero-order valence-electron chi connectivity index (χ0n) is 10.6. The lowest BCUT2D eigenvalue weighted by Crippen LogP contribution is -2.49. The summed E-state index contributed by atoms with van der Waals surface area (Å²) in [5.41, 5.74) is 1.06. The summed E-state index contributed by atoms with van der Waals surface area (Å²) < 4.78 is 1.03. The molecule has 1 amide bonds. The number of piperidine rings is 1. The molecule has 100 valence electrons. The normalized spacial score (nSPS) is 18.7. The molecule has 2 rings (SSSR count). The molecule has 1 fully saturated rings. The second-order valence-electron chi connectivity index (χ2n) is 4.56. The summed E-state index contributed by atoms with van der Waals surface area (Å²) in [4.78, 5) is 14.2. The monoisotopic (exact) mass is 321 g/mol. The number of amides is 1. The second-order valence-corrected chi connectivity index (χ2v) is 5.47. The van der Waals surface area contributed by atoms with Gasteiger partial charge in [-0.1, -0.05) is 15.9 Å². The van der Waals surface area contributed by atoms with E-state index in [1.165, 1.54) is 0 Å². The van der Waals surface area contributed by atoms with Crippen LogP contribution < -0.4 is 10.2 Å². The van der Waals surface area contributed by atoms with Crippen LogP contribution in [0.5, 0.6) is 0 Å². The first-order valence-electron chi connectivity index (χ1n) is 6.39. The molecule has 1 aromatic carbocycles. The smallest absolute Gasteiger partial charge is 0.243 e. The van der Waals surface area contributed by atoms with Gasteiger partial charge in [0.05, 0.1) is 6.07 Å². The highest BCUT2D eigenvalue weighted by Gasteiger charge is 2.28. The van der Waals surface area contributed by atoms with E-state index >= 15 is 0 Å². The molecule has 0 radical (unpaired) electrons. The molecule has 1 atom stereocenters. The van der Waals surface area contributed by atoms with Crippen LogP contribution in [0.1, 0.15) is 19.3 Å². The molecule has 0 bridgehead atoms. The number of nitrogens with one attached hydrogen (secondary N) is 1. The maximum atomic E-state index is 12.1. The lowest BCUT2D eigenvalue weighted by molar-refractivity contribution is -0.122. The topological polar surface area (TPSA) is 56.1 Å². The molecule has 1 N–H and O–H groups in total. The number of hydrogen-bond acceptors (Lipinski definition) is 3. The van der Waals surface area contributed by atoms with Crippen LogP contribution >= 0.6 is 15.9 Å². The van der Waals surface area contributed by atoms with Gasteiger partial charge in [0.2, 0.25) is 5.91 Å². The molecule has 5 heteroatoms. The average molecular weight is 322 g/mol. The molecule has 4 nitrogen and oxygen atoms in total. The van der Waals surface area contributed by atoms with E-state index in [1.54, 1.807) is 0 Å². The number of benzene rings is 1. The summed E-state index contributed by atoms with van der Waals surface area (Å²) in [7, 11) is 0. The van der Waals surface area contributed by atoms with Crippen molar-refractivity contribution in [1.29, 1.82) is 5.26 Å². The molecule has 1 aromatic rings. The number of carbonyl (C=O) groups is 1. The lowest BCUT2D eigenvalue weighted by Gasteiger charge is -2.36. The Morgan fingerprint density at radius 2 is 2.16 bits per heavy atom. The first-order valence-corrected chi connectivity index (χ1v) is 7.18. The quantitative estimate of drug-likeness (QED) is 0.870. The Kier molecular flexibility index (Phi) is 4.80. The van der Waals surface area contributed by atoms with E-state index in [-0.39, 0.29) is 18.5 Å². The Hall–Kier alpha value is -1.54. The molecular weight excluding hydrogens is 306 g/mol. The SMILES string of the molecule is N#CCNC(=O)C1CCCCN1c1ccc(Br)cc1. The van der Waals surface area contributed by atoms with Gasteiger partial charge in [-0.3, -0.25) is 4.79 Å². The zero-order valence-corrected chi connectivity index (χ0v) is 12.2. The van der Waals surface area contributed by atoms with Crippen LogP contribution in [0.25, 0.3) is 0 Å². The van der Waals surface area contributed by atoms with Crippen molar-refractivity contribution in [2.45, 2.75) is 25.3 Å². The minimum atomic E-state index is -0.164. The minimum absolute atomic E-state index is 0.0517. The minimum Gasteiger partial charge on any atom is -0.360 e. The van der Waals surface area contributed by atoms with Crippen molar-refractivity contribution >= 4 is 27.5 Å². The Morgan fingerprint density at radius 3 is 2.84 bits per heavy atom. The van der Waals surface area contributed by atoms with E-state index in [2.05, 4.69) is 26.1 Å². The first-order chi connectivity index (χ1) is 9.22. The van der Waals surface area contributed by atoms with Gasteiger partial charge in [0, 0.05) is 16.7 Å². The highest BCUT2D eigenvalue weighted by atomic mass is 79.9. The van der Waals surface area contributed by atoms with Crippen LogP contribution in [0.3, 0.4) is 0 Å². The number of nitriles is 1. The summed E-state index contributed by atoms with van der Waals surface area (Å²) >= 11 is 3.41. The highest BCUT2D eigenvalue weighted by Crippen LogP contribution is 2.26. The van der Waals surface area contributed by atoms with Crippen LogP contribution in [0, 0.1) is 11.3 Å². The van der Waals surface area contributed by atoms with E-state index in [0.29, 0.717) is 0 Å². The van der Waals surface area contributed by atoms with Crippen molar-refractivity contribution in [1.82, 2.24) is 5.32 Å². The molecule has 0 spiro atoms. The molecule has 0 saturated carbocycles. The average Bonchev–Trinajstić information content (AvgIpc) is 2.45. The number of anilines is 1. The van der Waals surface area contributed by atoms with Crippen molar-refractivity contribution in [3.63, 3.8) is 0 Å². The maximum absolute atomic E-state index is 12.1. The largest absolute Gasteiger partial charge is 0.360 e. The number of rotatable bonds is 3. The van der Waals surface area contributed by atoms with Crippen molar-refractivity contribution in [3.05, 3.63) is 28.7 Å². The van der Waals surface area contributed by atoms with Gasteiger partial charge in [0.25, 0.3) is 0 Å². The standard InChI is InChI=1S/C14H16BrN3O/c15-11-4-6-12(7-5-11)18-10-2-1-3-13(18)14(19)17-9-8-16/h4-7,13H,1-3,9-10H2,(H,17,19). The van der Waals surface area contributed by atoms with Gasteiger partial charge >= 0.3 is 0 Å². The van der Waals surface area contributed by atoms with Crippen LogP contribution in [0.4, 0.5) is 5.69 Å². The van der Waals surface area contributed by atoms with Gasteiger partial charge in [-0.25, -0.2) is 0 Å². The summed E-state index contributed by atoms with van der Waals surface area (Å²) in [6, 6.07) is 9.77. The Balaban J connectivity index is 2.14. The molecule has 0 aromatic heterocycles. The molecule has 0 aliphatic carbocycles. The van der Waals surface area contributed by atoms with E-state index < -0.39 is 0 Å². The van der Waals surface area contributed by atoms with Crippen LogP contribution in [-0.4, -0.2) is 25.0 Å². The lowest BCUT2D eigenvalue weighted by atomic mass is 10.0. The van der Waals surface area contributed by atoms with Gasteiger partial charge in [-0.15, -0.1) is 0 Å². The number of nitrogens with zero attached hydrogens (tertiary/aromatic N) is 2. The van der Waals surface area contributed by atoms with E-state index in [0.717, 1.165) is 36.0 Å². The fourth-order valence-corrected chi connectivity index (χ4v) is 2.65. The Labute approximate surface area is 121 Å². The molecule has 19 heavy (non-hydrogen) atoms. The van der Waals surface area contributed by atoms with Gasteiger partial charge in [-0.2, -0.15) is 5.26 Å². The summed E-state index contributed by atoms with van der Waals surface area (Å²) in [5.74, 6) is -0.0517. The number of hydrogen-bond donors (Lipinski definition) is 1. The third-order valence-electron chi connectivity index (χ3n) is 3.31. The van der Waals surface area contributed by atoms with Gasteiger partial charge < -0.3 is 10.2 Å². The maximum Gasteiger partial charge on any atom is 0.243 e. The van der Waals surface area contributed by atoms with E-state index in [9.17, 15) is 4.79 Å². The summed E-state index contributed by atoms with van der Waals surface area (Å²) in [5, 5.41) is 11.2. The van der Waals surface area contributed by atoms with E-state index in [1.807, 2.05) is 30.3 Å². The van der Waals surface area contributed by atoms with Crippen molar-refractivity contribution in [2.75, 3.05) is 18.0 Å². The molecular formula is C14H16BrN3O. The fourth-order valence-electron chi connectivity index (χ4n) is 2.39. The zero-order chi connectivity index (χ0) is 13.7. The third-order valence-corrected chi connectivity index (χ3v) is 3.83. The molecule has 1 saturated heterocycles. The van der Waals surface area contributed by atoms with E-state index in [4.69, 9.17) is 5.26 Å². The Morgan fingerprint density at radius 1 is 1.42 bits per heavy atom. The highest BCUT2D eigenvalue weighted by molar-refractivity contribution is 9.10. The molecule has 1 heterocycles. The first kappa shape index (κ1) is 13.9. The predicted molar refractivity (Wildman–Crippen MR) is 77.7 cm³/mol. The van der Waals surface area contributed by atoms with Crippen LogP contribution in [0.15, 0.2) is 28.7 Å². The van der Waals surface area contributed by atoms with Crippen molar-refractivity contribution < 1.29 is 4.79 Å². The summed E-state index contributed by atoms with van der Waals surface area (Å²) in [6.07, 6.45) is 2.99.